The Labute approximate surface area is 212 Å². The number of hydrogen-bond donors (Lipinski definition) is 1. The number of pyridine rings is 1. The van der Waals surface area contributed by atoms with Crippen LogP contribution in [0.25, 0.3) is 22.3 Å². The van der Waals surface area contributed by atoms with Crippen molar-refractivity contribution in [3.8, 4) is 17.0 Å². The predicted octanol–water partition coefficient (Wildman–Crippen LogP) is 4.18. The van der Waals surface area contributed by atoms with Gasteiger partial charge in [-0.2, -0.15) is 4.98 Å². The van der Waals surface area contributed by atoms with Crippen LogP contribution in [0.4, 0.5) is 16.2 Å². The van der Waals surface area contributed by atoms with E-state index in [1.807, 2.05) is 19.1 Å². The number of rotatable bonds is 5. The van der Waals surface area contributed by atoms with Crippen molar-refractivity contribution in [3.05, 3.63) is 71.5 Å². The molecule has 1 aliphatic heterocycles. The number of halogens is 2. The molecule has 1 fully saturated rings. The third kappa shape index (κ3) is 5.01. The lowest BCUT2D eigenvalue weighted by Crippen LogP contribution is -2.55. The highest BCUT2D eigenvalue weighted by molar-refractivity contribution is 6.30. The quantitative estimate of drug-likeness (QED) is 0.433. The smallest absolute Gasteiger partial charge is 0.260 e. The summed E-state index contributed by atoms with van der Waals surface area (Å²) in [6, 6.07) is 16.7. The number of nitrogens with two attached hydrogens (primary N) is 1. The minimum Gasteiger partial charge on any atom is -0.484 e. The van der Waals surface area contributed by atoms with Crippen LogP contribution in [0.2, 0.25) is 5.02 Å². The number of amides is 1. The van der Waals surface area contributed by atoms with Gasteiger partial charge in [-0.15, -0.1) is 0 Å². The fraction of sp³-hybridized carbons (Fsp3) is 0.231. The summed E-state index contributed by atoms with van der Waals surface area (Å²) in [7, 11) is 0. The van der Waals surface area contributed by atoms with E-state index in [1.54, 1.807) is 41.3 Å². The van der Waals surface area contributed by atoms with Crippen molar-refractivity contribution in [2.75, 3.05) is 36.9 Å². The molecule has 184 valence electrons. The van der Waals surface area contributed by atoms with Gasteiger partial charge in [0.25, 0.3) is 5.91 Å². The van der Waals surface area contributed by atoms with E-state index in [-0.39, 0.29) is 30.3 Å². The van der Waals surface area contributed by atoms with E-state index in [9.17, 15) is 9.18 Å². The van der Waals surface area contributed by atoms with Gasteiger partial charge in [-0.05, 0) is 67.6 Å². The number of benzene rings is 2. The largest absolute Gasteiger partial charge is 0.484 e. The lowest BCUT2D eigenvalue weighted by molar-refractivity contribution is -0.134. The van der Waals surface area contributed by atoms with Gasteiger partial charge in [0.05, 0.1) is 11.2 Å². The first-order valence-corrected chi connectivity index (χ1v) is 11.9. The first-order valence-electron chi connectivity index (χ1n) is 11.5. The summed E-state index contributed by atoms with van der Waals surface area (Å²) >= 11 is 5.90. The molecule has 4 aromatic rings. The van der Waals surface area contributed by atoms with E-state index in [4.69, 9.17) is 27.1 Å². The van der Waals surface area contributed by atoms with Gasteiger partial charge in [0.15, 0.2) is 12.4 Å². The monoisotopic (exact) mass is 506 g/mol. The van der Waals surface area contributed by atoms with E-state index in [0.717, 1.165) is 5.56 Å². The molecule has 1 amide bonds. The van der Waals surface area contributed by atoms with Crippen molar-refractivity contribution >= 4 is 40.3 Å². The number of carbonyl (C=O) groups is 1. The molecule has 8 nitrogen and oxygen atoms in total. The summed E-state index contributed by atoms with van der Waals surface area (Å²) in [6.07, 6.45) is 0. The molecule has 2 N–H and O–H groups in total. The maximum atomic E-state index is 13.4. The van der Waals surface area contributed by atoms with E-state index in [2.05, 4.69) is 14.9 Å². The average molecular weight is 507 g/mol. The summed E-state index contributed by atoms with van der Waals surface area (Å²) in [6.45, 7) is 3.50. The molecule has 3 heterocycles. The Balaban J connectivity index is 1.34. The highest BCUT2D eigenvalue weighted by Crippen LogP contribution is 2.29. The number of nitrogens with zero attached hydrogens (tertiary/aromatic N) is 5. The SMILES string of the molecule is C[C@@H]1CN(C(=O)COc2ccc(Cl)cc2)CCN1c1nc(N)nc2ccc(-c3ccc(F)cc3)nc12. The van der Waals surface area contributed by atoms with Gasteiger partial charge >= 0.3 is 0 Å². The standard InChI is InChI=1S/C26H24ClFN6O2/c1-16-14-33(23(35)15-36-20-8-4-18(27)5-9-20)12-13-34(16)25-24-22(31-26(29)32-25)11-10-21(30-24)17-2-6-19(28)7-3-17/h2-11,16H,12-15H2,1H3,(H2,29,31,32)/t16-/m1/s1. The highest BCUT2D eigenvalue weighted by atomic mass is 35.5. The Morgan fingerprint density at radius 3 is 2.53 bits per heavy atom. The number of aromatic nitrogens is 3. The summed E-state index contributed by atoms with van der Waals surface area (Å²) < 4.78 is 19.0. The summed E-state index contributed by atoms with van der Waals surface area (Å²) in [5.74, 6) is 0.941. The number of piperazine rings is 1. The third-order valence-corrected chi connectivity index (χ3v) is 6.36. The molecule has 10 heteroatoms. The Morgan fingerprint density at radius 1 is 1.06 bits per heavy atom. The van der Waals surface area contributed by atoms with Crippen LogP contribution in [-0.2, 0) is 4.79 Å². The molecule has 1 saturated heterocycles. The summed E-state index contributed by atoms with van der Waals surface area (Å²) in [4.78, 5) is 30.3. The van der Waals surface area contributed by atoms with Crippen molar-refractivity contribution in [1.29, 1.82) is 0 Å². The van der Waals surface area contributed by atoms with Gasteiger partial charge in [0.2, 0.25) is 5.95 Å². The maximum absolute atomic E-state index is 13.4. The van der Waals surface area contributed by atoms with E-state index < -0.39 is 0 Å². The Morgan fingerprint density at radius 2 is 1.81 bits per heavy atom. The molecule has 0 spiro atoms. The van der Waals surface area contributed by atoms with Crippen molar-refractivity contribution in [1.82, 2.24) is 19.9 Å². The van der Waals surface area contributed by atoms with Gasteiger partial charge in [0.1, 0.15) is 17.1 Å². The minimum absolute atomic E-state index is 0.0491. The van der Waals surface area contributed by atoms with Gasteiger partial charge < -0.3 is 20.3 Å². The van der Waals surface area contributed by atoms with Crippen molar-refractivity contribution < 1.29 is 13.9 Å². The number of nitrogen functional groups attached to an aromatic ring is 1. The van der Waals surface area contributed by atoms with Gasteiger partial charge in [-0.3, -0.25) is 4.79 Å². The highest BCUT2D eigenvalue weighted by Gasteiger charge is 2.29. The molecule has 0 saturated carbocycles. The van der Waals surface area contributed by atoms with Crippen molar-refractivity contribution in [2.24, 2.45) is 0 Å². The van der Waals surface area contributed by atoms with Crippen LogP contribution in [0, 0.1) is 5.82 Å². The zero-order chi connectivity index (χ0) is 25.2. The molecule has 36 heavy (non-hydrogen) atoms. The minimum atomic E-state index is -0.309. The second-order valence-corrected chi connectivity index (χ2v) is 9.04. The molecule has 0 aliphatic carbocycles. The van der Waals surface area contributed by atoms with Gasteiger partial charge in [-0.1, -0.05) is 11.6 Å². The Bertz CT molecular complexity index is 1400. The fourth-order valence-electron chi connectivity index (χ4n) is 4.26. The molecule has 5 rings (SSSR count). The third-order valence-electron chi connectivity index (χ3n) is 6.11. The summed E-state index contributed by atoms with van der Waals surface area (Å²) in [5.41, 5.74) is 8.69. The summed E-state index contributed by atoms with van der Waals surface area (Å²) in [5, 5.41) is 0.607. The van der Waals surface area contributed by atoms with Gasteiger partial charge in [-0.25, -0.2) is 14.4 Å². The van der Waals surface area contributed by atoms with E-state index >= 15 is 0 Å². The first-order chi connectivity index (χ1) is 17.4. The van der Waals surface area contributed by atoms with Gasteiger partial charge in [0, 0.05) is 36.3 Å². The molecular formula is C26H24ClFN6O2. The van der Waals surface area contributed by atoms with E-state index in [0.29, 0.717) is 53.0 Å². The van der Waals surface area contributed by atoms with Crippen LogP contribution >= 0.6 is 11.6 Å². The number of carbonyl (C=O) groups excluding carboxylic acids is 1. The molecule has 2 aromatic heterocycles. The molecule has 1 atom stereocenters. The van der Waals surface area contributed by atoms with Crippen LogP contribution in [0.5, 0.6) is 5.75 Å². The topological polar surface area (TPSA) is 97.5 Å². The normalized spacial score (nSPS) is 15.8. The molecule has 0 unspecified atom stereocenters. The van der Waals surface area contributed by atoms with Crippen molar-refractivity contribution in [3.63, 3.8) is 0 Å². The zero-order valence-corrected chi connectivity index (χ0v) is 20.3. The second-order valence-electron chi connectivity index (χ2n) is 8.60. The Kier molecular flexibility index (Phi) is 6.56. The lowest BCUT2D eigenvalue weighted by atomic mass is 10.1. The van der Waals surface area contributed by atoms with Crippen LogP contribution < -0.4 is 15.4 Å². The van der Waals surface area contributed by atoms with Crippen LogP contribution in [0.3, 0.4) is 0 Å². The lowest BCUT2D eigenvalue weighted by Gasteiger charge is -2.40. The van der Waals surface area contributed by atoms with E-state index in [1.165, 1.54) is 12.1 Å². The predicted molar refractivity (Wildman–Crippen MR) is 137 cm³/mol. The fourth-order valence-corrected chi connectivity index (χ4v) is 4.39. The first kappa shape index (κ1) is 23.7. The number of fused-ring (bicyclic) bond motifs is 1. The number of anilines is 2. The number of ether oxygens (including phenoxy) is 1. The average Bonchev–Trinajstić information content (AvgIpc) is 2.88. The molecule has 0 bridgehead atoms. The van der Waals surface area contributed by atoms with Crippen molar-refractivity contribution in [2.45, 2.75) is 13.0 Å². The van der Waals surface area contributed by atoms with Crippen LogP contribution in [-0.4, -0.2) is 58.0 Å². The Hall–Kier alpha value is -3.98. The molecular weight excluding hydrogens is 483 g/mol. The molecule has 0 radical (unpaired) electrons. The molecule has 1 aliphatic rings. The second kappa shape index (κ2) is 9.94. The number of hydrogen-bond acceptors (Lipinski definition) is 7. The maximum Gasteiger partial charge on any atom is 0.260 e. The zero-order valence-electron chi connectivity index (χ0n) is 19.6. The van der Waals surface area contributed by atoms with Crippen LogP contribution in [0.15, 0.2) is 60.7 Å². The molecule has 2 aromatic carbocycles. The van der Waals surface area contributed by atoms with Crippen LogP contribution in [0.1, 0.15) is 6.92 Å².